The Morgan fingerprint density at radius 2 is 1.95 bits per heavy atom. The summed E-state index contributed by atoms with van der Waals surface area (Å²) in [5.41, 5.74) is 1.21. The highest BCUT2D eigenvalue weighted by atomic mass is 19.1. The van der Waals surface area contributed by atoms with Crippen molar-refractivity contribution in [3.8, 4) is 23.0 Å². The van der Waals surface area contributed by atoms with Crippen LogP contribution in [0.4, 0.5) is 8.78 Å². The Morgan fingerprint density at radius 1 is 1.14 bits per heavy atom. The van der Waals surface area contributed by atoms with Gasteiger partial charge in [0, 0.05) is 17.2 Å². The number of aromatic hydroxyl groups is 2. The molecule has 0 amide bonds. The Bertz CT molecular complexity index is 855. The number of oxazole rings is 1. The number of phenolic OH excluding ortho intramolecular Hbond substituents is 2. The molecule has 3 rings (SSSR count). The monoisotopic (exact) mass is 289 g/mol. The van der Waals surface area contributed by atoms with E-state index in [2.05, 4.69) is 4.98 Å². The number of hydrogen-bond donors (Lipinski definition) is 2. The zero-order chi connectivity index (χ0) is 15.0. The van der Waals surface area contributed by atoms with E-state index in [1.54, 1.807) is 0 Å². The highest BCUT2D eigenvalue weighted by Crippen LogP contribution is 2.31. The predicted octanol–water partition coefficient (Wildman–Crippen LogP) is 3.99. The number of benzene rings is 2. The number of hydrogen-bond acceptors (Lipinski definition) is 4. The summed E-state index contributed by atoms with van der Waals surface area (Å²) in [7, 11) is 0. The van der Waals surface area contributed by atoms with Crippen LogP contribution in [0.15, 0.2) is 41.1 Å². The van der Waals surface area contributed by atoms with Gasteiger partial charge in [0.1, 0.15) is 11.3 Å². The highest BCUT2D eigenvalue weighted by molar-refractivity contribution is 5.86. The van der Waals surface area contributed by atoms with Crippen molar-refractivity contribution in [2.24, 2.45) is 0 Å². The molecule has 0 saturated carbocycles. The van der Waals surface area contributed by atoms with Crippen LogP contribution in [0.5, 0.6) is 11.5 Å². The molecule has 3 aromatic rings. The molecule has 0 radical (unpaired) electrons. The molecule has 4 nitrogen and oxygen atoms in total. The predicted molar refractivity (Wildman–Crippen MR) is 72.9 cm³/mol. The minimum atomic E-state index is -0.804. The van der Waals surface area contributed by atoms with Crippen LogP contribution in [0.1, 0.15) is 5.56 Å². The number of rotatable bonds is 2. The van der Waals surface area contributed by atoms with Crippen LogP contribution in [0.25, 0.3) is 28.6 Å². The van der Waals surface area contributed by atoms with E-state index in [0.717, 1.165) is 12.1 Å². The fourth-order valence-electron chi connectivity index (χ4n) is 2.00. The van der Waals surface area contributed by atoms with Gasteiger partial charge in [-0.2, -0.15) is 0 Å². The Balaban J connectivity index is 2.20. The van der Waals surface area contributed by atoms with Crippen molar-refractivity contribution in [2.45, 2.75) is 0 Å². The molecule has 6 heteroatoms. The SMILES string of the molecule is Oc1cc(/C=C/F)c2oc(-c3ccc(O)c(F)c3)nc2c1. The first-order chi connectivity index (χ1) is 10.1. The molecule has 0 fully saturated rings. The maximum atomic E-state index is 13.4. The normalized spacial score (nSPS) is 11.5. The molecule has 0 aliphatic heterocycles. The molecular formula is C15H9F2NO3. The van der Waals surface area contributed by atoms with Crippen LogP contribution >= 0.6 is 0 Å². The van der Waals surface area contributed by atoms with Gasteiger partial charge in [-0.25, -0.2) is 13.8 Å². The van der Waals surface area contributed by atoms with Gasteiger partial charge in [-0.15, -0.1) is 0 Å². The first-order valence-electron chi connectivity index (χ1n) is 5.97. The quantitative estimate of drug-likeness (QED) is 0.748. The fourth-order valence-corrected chi connectivity index (χ4v) is 2.00. The third-order valence-corrected chi connectivity index (χ3v) is 2.94. The number of phenols is 2. The van der Waals surface area contributed by atoms with E-state index in [9.17, 15) is 19.0 Å². The molecule has 2 N–H and O–H groups in total. The van der Waals surface area contributed by atoms with E-state index in [1.807, 2.05) is 0 Å². The van der Waals surface area contributed by atoms with E-state index in [-0.39, 0.29) is 17.2 Å². The molecule has 21 heavy (non-hydrogen) atoms. The van der Waals surface area contributed by atoms with E-state index in [1.165, 1.54) is 24.3 Å². The van der Waals surface area contributed by atoms with Crippen molar-refractivity contribution in [2.75, 3.05) is 0 Å². The summed E-state index contributed by atoms with van der Waals surface area (Å²) in [6.07, 6.45) is 1.44. The van der Waals surface area contributed by atoms with Crippen LogP contribution in [0.3, 0.4) is 0 Å². The maximum Gasteiger partial charge on any atom is 0.227 e. The van der Waals surface area contributed by atoms with Crippen molar-refractivity contribution in [1.82, 2.24) is 4.98 Å². The van der Waals surface area contributed by atoms with Crippen LogP contribution in [0, 0.1) is 5.82 Å². The molecule has 1 heterocycles. The molecule has 2 aromatic carbocycles. The third-order valence-electron chi connectivity index (χ3n) is 2.94. The van der Waals surface area contributed by atoms with Crippen LogP contribution in [0.2, 0.25) is 0 Å². The van der Waals surface area contributed by atoms with Crippen molar-refractivity contribution in [1.29, 1.82) is 0 Å². The molecule has 1 aromatic heterocycles. The van der Waals surface area contributed by atoms with Gasteiger partial charge in [0.2, 0.25) is 5.89 Å². The topological polar surface area (TPSA) is 66.5 Å². The zero-order valence-corrected chi connectivity index (χ0v) is 10.5. The average molecular weight is 289 g/mol. The summed E-state index contributed by atoms with van der Waals surface area (Å²) in [5, 5.41) is 18.7. The van der Waals surface area contributed by atoms with Gasteiger partial charge in [-0.1, -0.05) is 0 Å². The van der Waals surface area contributed by atoms with Gasteiger partial charge in [-0.05, 0) is 30.3 Å². The number of fused-ring (bicyclic) bond motifs is 1. The van der Waals surface area contributed by atoms with Crippen LogP contribution in [-0.4, -0.2) is 15.2 Å². The molecule has 0 aliphatic rings. The first-order valence-corrected chi connectivity index (χ1v) is 5.97. The van der Waals surface area contributed by atoms with Gasteiger partial charge in [0.05, 0.1) is 6.33 Å². The van der Waals surface area contributed by atoms with Gasteiger partial charge in [-0.3, -0.25) is 0 Å². The summed E-state index contributed by atoms with van der Waals surface area (Å²) >= 11 is 0. The summed E-state index contributed by atoms with van der Waals surface area (Å²) in [6, 6.07) is 6.37. The van der Waals surface area contributed by atoms with Crippen LogP contribution in [-0.2, 0) is 0 Å². The van der Waals surface area contributed by atoms with E-state index in [0.29, 0.717) is 23.0 Å². The second-order valence-electron chi connectivity index (χ2n) is 4.36. The zero-order valence-electron chi connectivity index (χ0n) is 10.5. The minimum Gasteiger partial charge on any atom is -0.508 e. The van der Waals surface area contributed by atoms with E-state index in [4.69, 9.17) is 4.42 Å². The number of nitrogens with zero attached hydrogens (tertiary/aromatic N) is 1. The maximum absolute atomic E-state index is 13.4. The fraction of sp³-hybridized carbons (Fsp3) is 0. The van der Waals surface area contributed by atoms with Crippen molar-refractivity contribution < 1.29 is 23.4 Å². The van der Waals surface area contributed by atoms with E-state index < -0.39 is 11.6 Å². The largest absolute Gasteiger partial charge is 0.508 e. The summed E-state index contributed by atoms with van der Waals surface area (Å²) in [5.74, 6) is -1.27. The average Bonchev–Trinajstić information content (AvgIpc) is 2.86. The molecule has 0 saturated heterocycles. The Kier molecular flexibility index (Phi) is 3.06. The molecule has 106 valence electrons. The Labute approximate surface area is 117 Å². The van der Waals surface area contributed by atoms with Gasteiger partial charge >= 0.3 is 0 Å². The Hall–Kier alpha value is -2.89. The first kappa shape index (κ1) is 13.1. The molecule has 0 aliphatic carbocycles. The summed E-state index contributed by atoms with van der Waals surface area (Å²) in [6.45, 7) is 0. The van der Waals surface area contributed by atoms with Gasteiger partial charge < -0.3 is 14.6 Å². The lowest BCUT2D eigenvalue weighted by molar-refractivity contribution is 0.432. The minimum absolute atomic E-state index is 0.0904. The molecule has 0 bridgehead atoms. The standard InChI is InChI=1S/C15H9F2NO3/c16-4-3-8-5-10(19)7-12-14(8)21-15(18-12)9-1-2-13(20)11(17)6-9/h1-7,19-20H/b4-3+. The molecular weight excluding hydrogens is 280 g/mol. The second kappa shape index (κ2) is 4.90. The number of halogens is 2. The highest BCUT2D eigenvalue weighted by Gasteiger charge is 2.13. The lowest BCUT2D eigenvalue weighted by Gasteiger charge is -1.97. The number of aromatic nitrogens is 1. The smallest absolute Gasteiger partial charge is 0.227 e. The lowest BCUT2D eigenvalue weighted by atomic mass is 10.2. The van der Waals surface area contributed by atoms with Crippen molar-refractivity contribution in [3.63, 3.8) is 0 Å². The van der Waals surface area contributed by atoms with Gasteiger partial charge in [0.15, 0.2) is 17.1 Å². The molecule has 0 spiro atoms. The molecule has 0 atom stereocenters. The molecule has 0 unspecified atom stereocenters. The third kappa shape index (κ3) is 2.31. The van der Waals surface area contributed by atoms with Crippen molar-refractivity contribution >= 4 is 17.2 Å². The summed E-state index contributed by atoms with van der Waals surface area (Å²) in [4.78, 5) is 4.13. The van der Waals surface area contributed by atoms with Crippen LogP contribution < -0.4 is 0 Å². The van der Waals surface area contributed by atoms with E-state index >= 15 is 0 Å². The van der Waals surface area contributed by atoms with Gasteiger partial charge in [0.25, 0.3) is 0 Å². The summed E-state index contributed by atoms with van der Waals surface area (Å²) < 4.78 is 31.2. The Morgan fingerprint density at radius 3 is 2.67 bits per heavy atom. The van der Waals surface area contributed by atoms with Crippen molar-refractivity contribution in [3.05, 3.63) is 48.0 Å². The second-order valence-corrected chi connectivity index (χ2v) is 4.36. The lowest BCUT2D eigenvalue weighted by Crippen LogP contribution is -1.80.